The lowest BCUT2D eigenvalue weighted by Gasteiger charge is -2.12. The molecule has 0 fully saturated rings. The van der Waals surface area contributed by atoms with Crippen LogP contribution in [0.5, 0.6) is 23.0 Å². The molecular weight excluding hydrogens is 400 g/mol. The first-order valence-corrected chi connectivity index (χ1v) is 9.00. The van der Waals surface area contributed by atoms with E-state index in [2.05, 4.69) is 0 Å². The van der Waals surface area contributed by atoms with E-state index in [9.17, 15) is 21.0 Å². The molecule has 9 nitrogen and oxygen atoms in total. The molecule has 31 heavy (non-hydrogen) atoms. The molecule has 0 amide bonds. The largest absolute Gasteiger partial charge is 0.495 e. The first kappa shape index (κ1) is 22.8. The standard InChI is InChI=1S/C22H18N4O5/c1-27-19-3-5-21(17(13-25)15(19)11-23)30-9-7-29-8-10-31-22-6-4-20(28-2)16(12-24)18(22)14-26/h3-6H,7-10H2,1-2H3. The molecule has 0 heterocycles. The van der Waals surface area contributed by atoms with E-state index in [1.165, 1.54) is 14.2 Å². The third-order valence-corrected chi connectivity index (χ3v) is 4.12. The van der Waals surface area contributed by atoms with Crippen molar-refractivity contribution < 1.29 is 23.7 Å². The number of nitrogens with zero attached hydrogens (tertiary/aromatic N) is 4. The lowest BCUT2D eigenvalue weighted by atomic mass is 10.1. The van der Waals surface area contributed by atoms with Gasteiger partial charge in [-0.05, 0) is 24.3 Å². The van der Waals surface area contributed by atoms with Crippen LogP contribution in [0.4, 0.5) is 0 Å². The van der Waals surface area contributed by atoms with Gasteiger partial charge in [0.2, 0.25) is 0 Å². The molecule has 0 N–H and O–H groups in total. The van der Waals surface area contributed by atoms with E-state index in [-0.39, 0.29) is 60.2 Å². The van der Waals surface area contributed by atoms with Gasteiger partial charge in [0.1, 0.15) is 82.7 Å². The fourth-order valence-electron chi connectivity index (χ4n) is 2.68. The normalized spacial score (nSPS) is 9.48. The van der Waals surface area contributed by atoms with Crippen LogP contribution in [-0.2, 0) is 4.74 Å². The molecule has 0 aliphatic heterocycles. The quantitative estimate of drug-likeness (QED) is 0.532. The van der Waals surface area contributed by atoms with Crippen LogP contribution < -0.4 is 18.9 Å². The smallest absolute Gasteiger partial charge is 0.138 e. The van der Waals surface area contributed by atoms with Crippen molar-refractivity contribution in [1.29, 1.82) is 21.0 Å². The third kappa shape index (κ3) is 5.34. The number of methoxy groups -OCH3 is 2. The predicted octanol–water partition coefficient (Wildman–Crippen LogP) is 2.66. The van der Waals surface area contributed by atoms with Crippen LogP contribution in [-0.4, -0.2) is 40.6 Å². The van der Waals surface area contributed by atoms with E-state index in [0.717, 1.165) is 0 Å². The zero-order chi connectivity index (χ0) is 22.6. The summed E-state index contributed by atoms with van der Waals surface area (Å²) in [5, 5.41) is 37.1. The summed E-state index contributed by atoms with van der Waals surface area (Å²) >= 11 is 0. The van der Waals surface area contributed by atoms with Crippen LogP contribution in [0.1, 0.15) is 22.3 Å². The van der Waals surface area contributed by atoms with Crippen molar-refractivity contribution >= 4 is 0 Å². The highest BCUT2D eigenvalue weighted by Gasteiger charge is 2.16. The van der Waals surface area contributed by atoms with E-state index < -0.39 is 0 Å². The van der Waals surface area contributed by atoms with Crippen molar-refractivity contribution in [1.82, 2.24) is 0 Å². The highest BCUT2D eigenvalue weighted by atomic mass is 16.5. The average molecular weight is 418 g/mol. The third-order valence-electron chi connectivity index (χ3n) is 4.12. The summed E-state index contributed by atoms with van der Waals surface area (Å²) in [5.41, 5.74) is 0.423. The van der Waals surface area contributed by atoms with Gasteiger partial charge in [0, 0.05) is 0 Å². The predicted molar refractivity (Wildman–Crippen MR) is 107 cm³/mol. The summed E-state index contributed by atoms with van der Waals surface area (Å²) in [4.78, 5) is 0. The molecule has 2 aromatic carbocycles. The monoisotopic (exact) mass is 418 g/mol. The number of hydrogen-bond acceptors (Lipinski definition) is 9. The molecule has 2 rings (SSSR count). The fourth-order valence-corrected chi connectivity index (χ4v) is 2.68. The zero-order valence-corrected chi connectivity index (χ0v) is 17.0. The van der Waals surface area contributed by atoms with Gasteiger partial charge in [-0.3, -0.25) is 0 Å². The van der Waals surface area contributed by atoms with Crippen LogP contribution in [0.3, 0.4) is 0 Å². The van der Waals surface area contributed by atoms with Gasteiger partial charge in [-0.15, -0.1) is 0 Å². The molecule has 0 saturated carbocycles. The molecule has 0 aliphatic rings. The van der Waals surface area contributed by atoms with Gasteiger partial charge < -0.3 is 23.7 Å². The second-order valence-electron chi connectivity index (χ2n) is 5.79. The van der Waals surface area contributed by atoms with Gasteiger partial charge in [-0.2, -0.15) is 21.0 Å². The molecule has 9 heteroatoms. The highest BCUT2D eigenvalue weighted by Crippen LogP contribution is 2.30. The maximum Gasteiger partial charge on any atom is 0.138 e. The first-order valence-electron chi connectivity index (χ1n) is 9.00. The van der Waals surface area contributed by atoms with Crippen LogP contribution in [0, 0.1) is 45.3 Å². The van der Waals surface area contributed by atoms with E-state index in [1.807, 2.05) is 24.3 Å². The molecule has 0 unspecified atom stereocenters. The fraction of sp³-hybridized carbons (Fsp3) is 0.273. The van der Waals surface area contributed by atoms with E-state index in [4.69, 9.17) is 23.7 Å². The van der Waals surface area contributed by atoms with Crippen LogP contribution in [0.2, 0.25) is 0 Å². The summed E-state index contributed by atoms with van der Waals surface area (Å²) in [6, 6.07) is 14.0. The molecule has 0 aromatic heterocycles. The maximum absolute atomic E-state index is 9.31. The second-order valence-corrected chi connectivity index (χ2v) is 5.79. The summed E-state index contributed by atoms with van der Waals surface area (Å²) < 4.78 is 26.7. The van der Waals surface area contributed by atoms with Crippen LogP contribution >= 0.6 is 0 Å². The lowest BCUT2D eigenvalue weighted by molar-refractivity contribution is 0.0762. The lowest BCUT2D eigenvalue weighted by Crippen LogP contribution is -2.13. The van der Waals surface area contributed by atoms with Gasteiger partial charge in [0.05, 0.1) is 27.4 Å². The molecule has 2 aromatic rings. The van der Waals surface area contributed by atoms with Crippen LogP contribution in [0.15, 0.2) is 24.3 Å². The Hall–Kier alpha value is -4.44. The number of benzene rings is 2. The minimum absolute atomic E-state index is 0.0991. The van der Waals surface area contributed by atoms with Gasteiger partial charge in [-0.1, -0.05) is 0 Å². The van der Waals surface area contributed by atoms with Gasteiger partial charge in [0.15, 0.2) is 0 Å². The minimum Gasteiger partial charge on any atom is -0.495 e. The Morgan fingerprint density at radius 3 is 1.19 bits per heavy atom. The molecule has 0 aliphatic carbocycles. The first-order chi connectivity index (χ1) is 15.1. The Balaban J connectivity index is 1.85. The molecular formula is C22H18N4O5. The Kier molecular flexibility index (Phi) is 8.50. The van der Waals surface area contributed by atoms with E-state index in [1.54, 1.807) is 24.3 Å². The van der Waals surface area contributed by atoms with Gasteiger partial charge in [-0.25, -0.2) is 0 Å². The molecule has 0 atom stereocenters. The van der Waals surface area contributed by atoms with Gasteiger partial charge >= 0.3 is 0 Å². The van der Waals surface area contributed by atoms with E-state index >= 15 is 0 Å². The maximum atomic E-state index is 9.31. The van der Waals surface area contributed by atoms with Crippen LogP contribution in [0.25, 0.3) is 0 Å². The summed E-state index contributed by atoms with van der Waals surface area (Å²) in [5.74, 6) is 1.13. The molecule has 0 saturated heterocycles. The number of hydrogen-bond donors (Lipinski definition) is 0. The zero-order valence-electron chi connectivity index (χ0n) is 17.0. The van der Waals surface area contributed by atoms with Crippen molar-refractivity contribution in [3.8, 4) is 47.3 Å². The molecule has 156 valence electrons. The van der Waals surface area contributed by atoms with Gasteiger partial charge in [0.25, 0.3) is 0 Å². The Bertz CT molecular complexity index is 1020. The number of ether oxygens (including phenoxy) is 5. The average Bonchev–Trinajstić information content (AvgIpc) is 2.81. The summed E-state index contributed by atoms with van der Waals surface area (Å²) in [7, 11) is 2.83. The Morgan fingerprint density at radius 1 is 0.548 bits per heavy atom. The summed E-state index contributed by atoms with van der Waals surface area (Å²) in [6.45, 7) is 0.714. The summed E-state index contributed by atoms with van der Waals surface area (Å²) in [6.07, 6.45) is 0. The molecule has 0 radical (unpaired) electrons. The number of rotatable bonds is 10. The minimum atomic E-state index is 0.0991. The second kappa shape index (κ2) is 11.5. The van der Waals surface area contributed by atoms with Crippen molar-refractivity contribution in [3.05, 3.63) is 46.5 Å². The molecule has 0 spiro atoms. The number of nitriles is 4. The van der Waals surface area contributed by atoms with E-state index in [0.29, 0.717) is 11.5 Å². The highest BCUT2D eigenvalue weighted by molar-refractivity contribution is 5.61. The SMILES string of the molecule is COc1ccc(OCCOCCOc2ccc(OC)c(C#N)c2C#N)c(C#N)c1C#N. The van der Waals surface area contributed by atoms with Crippen molar-refractivity contribution in [3.63, 3.8) is 0 Å². The topological polar surface area (TPSA) is 141 Å². The van der Waals surface area contributed by atoms with Crippen molar-refractivity contribution in [2.45, 2.75) is 0 Å². The van der Waals surface area contributed by atoms with Crippen molar-refractivity contribution in [2.75, 3.05) is 40.6 Å². The molecule has 0 bridgehead atoms. The van der Waals surface area contributed by atoms with Crippen molar-refractivity contribution in [2.24, 2.45) is 0 Å². The Labute approximate surface area is 179 Å². The Morgan fingerprint density at radius 2 is 0.871 bits per heavy atom.